The standard InChI is InChI=1S/C24H28O4/c1-23(2,3)19-10-8-18(9-11-19)22(27)7-5-4-6-20(25)12-15-24(28)16-13-21(26)14-17-24/h5,7-11,13-14,16-17,28H,4,6,12,15H2,1-3H3/b7-5+. The lowest BCUT2D eigenvalue weighted by atomic mass is 9.86. The Bertz CT molecular complexity index is 801. The van der Waals surface area contributed by atoms with Crippen molar-refractivity contribution >= 4 is 17.3 Å². The van der Waals surface area contributed by atoms with Crippen molar-refractivity contribution in [3.05, 3.63) is 71.8 Å². The Labute approximate surface area is 166 Å². The molecule has 0 fully saturated rings. The van der Waals surface area contributed by atoms with Crippen molar-refractivity contribution in [1.82, 2.24) is 0 Å². The molecule has 1 N–H and O–H groups in total. The van der Waals surface area contributed by atoms with Crippen LogP contribution >= 0.6 is 0 Å². The molecule has 4 nitrogen and oxygen atoms in total. The summed E-state index contributed by atoms with van der Waals surface area (Å²) >= 11 is 0. The molecule has 0 atom stereocenters. The van der Waals surface area contributed by atoms with E-state index >= 15 is 0 Å². The number of carbonyl (C=O) groups is 3. The molecule has 0 aromatic heterocycles. The molecule has 4 heteroatoms. The van der Waals surface area contributed by atoms with Crippen molar-refractivity contribution in [2.24, 2.45) is 0 Å². The van der Waals surface area contributed by atoms with E-state index in [4.69, 9.17) is 0 Å². The molecule has 1 aromatic carbocycles. The van der Waals surface area contributed by atoms with E-state index in [2.05, 4.69) is 20.8 Å². The highest BCUT2D eigenvalue weighted by atomic mass is 16.3. The van der Waals surface area contributed by atoms with Crippen LogP contribution in [-0.2, 0) is 15.0 Å². The molecule has 28 heavy (non-hydrogen) atoms. The number of Topliss-reactive ketones (excluding diaryl/α,β-unsaturated/α-hetero) is 1. The van der Waals surface area contributed by atoms with Gasteiger partial charge in [-0.15, -0.1) is 0 Å². The van der Waals surface area contributed by atoms with Crippen molar-refractivity contribution in [2.45, 2.75) is 57.5 Å². The first-order valence-electron chi connectivity index (χ1n) is 9.57. The predicted molar refractivity (Wildman–Crippen MR) is 110 cm³/mol. The highest BCUT2D eigenvalue weighted by molar-refractivity contribution is 6.04. The Hall–Kier alpha value is -2.59. The Morgan fingerprint density at radius 2 is 1.64 bits per heavy atom. The number of rotatable bonds is 8. The summed E-state index contributed by atoms with van der Waals surface area (Å²) < 4.78 is 0. The Morgan fingerprint density at radius 1 is 1.04 bits per heavy atom. The van der Waals surface area contributed by atoms with Gasteiger partial charge in [-0.1, -0.05) is 51.1 Å². The van der Waals surface area contributed by atoms with Crippen LogP contribution in [0.15, 0.2) is 60.7 Å². The quantitative estimate of drug-likeness (QED) is 0.540. The lowest BCUT2D eigenvalue weighted by molar-refractivity contribution is -0.119. The molecule has 148 valence electrons. The lowest BCUT2D eigenvalue weighted by Gasteiger charge is -2.21. The highest BCUT2D eigenvalue weighted by Gasteiger charge is 2.23. The normalized spacial score (nSPS) is 15.9. The zero-order valence-electron chi connectivity index (χ0n) is 16.8. The van der Waals surface area contributed by atoms with Crippen molar-refractivity contribution in [3.8, 4) is 0 Å². The van der Waals surface area contributed by atoms with E-state index in [1.54, 1.807) is 6.08 Å². The fourth-order valence-electron chi connectivity index (χ4n) is 2.86. The number of benzene rings is 1. The van der Waals surface area contributed by atoms with Gasteiger partial charge in [-0.2, -0.15) is 0 Å². The van der Waals surface area contributed by atoms with Gasteiger partial charge in [0.1, 0.15) is 11.4 Å². The molecule has 1 aromatic rings. The zero-order valence-corrected chi connectivity index (χ0v) is 16.8. The molecular weight excluding hydrogens is 352 g/mol. The van der Waals surface area contributed by atoms with E-state index in [0.29, 0.717) is 18.4 Å². The molecule has 0 spiro atoms. The van der Waals surface area contributed by atoms with E-state index in [-0.39, 0.29) is 35.6 Å². The number of aliphatic hydroxyl groups is 1. The van der Waals surface area contributed by atoms with E-state index in [9.17, 15) is 19.5 Å². The third kappa shape index (κ3) is 6.54. The van der Waals surface area contributed by atoms with Gasteiger partial charge >= 0.3 is 0 Å². The summed E-state index contributed by atoms with van der Waals surface area (Å²) in [4.78, 5) is 35.3. The average molecular weight is 380 g/mol. The largest absolute Gasteiger partial charge is 0.382 e. The zero-order chi connectivity index (χ0) is 20.8. The summed E-state index contributed by atoms with van der Waals surface area (Å²) in [6, 6.07) is 7.60. The third-order valence-corrected chi connectivity index (χ3v) is 4.77. The molecule has 2 rings (SSSR count). The maximum absolute atomic E-state index is 12.2. The molecule has 0 bridgehead atoms. The average Bonchev–Trinajstić information content (AvgIpc) is 2.65. The van der Waals surface area contributed by atoms with Crippen LogP contribution in [0.3, 0.4) is 0 Å². The van der Waals surface area contributed by atoms with E-state index in [1.807, 2.05) is 24.3 Å². The topological polar surface area (TPSA) is 71.4 Å². The molecule has 0 unspecified atom stereocenters. The molecule has 0 radical (unpaired) electrons. The second-order valence-electron chi connectivity index (χ2n) is 8.23. The minimum atomic E-state index is -1.23. The van der Waals surface area contributed by atoms with Gasteiger partial charge in [0.2, 0.25) is 0 Å². The van der Waals surface area contributed by atoms with Crippen LogP contribution in [-0.4, -0.2) is 28.1 Å². The van der Waals surface area contributed by atoms with Gasteiger partial charge in [0, 0.05) is 18.4 Å². The first kappa shape index (κ1) is 21.7. The second-order valence-corrected chi connectivity index (χ2v) is 8.23. The highest BCUT2D eigenvalue weighted by Crippen LogP contribution is 2.23. The van der Waals surface area contributed by atoms with E-state index < -0.39 is 5.60 Å². The molecular formula is C24H28O4. The minimum absolute atomic E-state index is 0.0127. The number of ketones is 3. The first-order valence-corrected chi connectivity index (χ1v) is 9.57. The lowest BCUT2D eigenvalue weighted by Crippen LogP contribution is -2.26. The molecule has 0 heterocycles. The molecule has 0 saturated carbocycles. The van der Waals surface area contributed by atoms with Gasteiger partial charge in [0.25, 0.3) is 0 Å². The summed E-state index contributed by atoms with van der Waals surface area (Å²) in [6.45, 7) is 6.37. The van der Waals surface area contributed by atoms with Gasteiger partial charge in [0.15, 0.2) is 11.6 Å². The summed E-state index contributed by atoms with van der Waals surface area (Å²) in [7, 11) is 0. The molecule has 1 aliphatic rings. The van der Waals surface area contributed by atoms with Crippen LogP contribution < -0.4 is 0 Å². The van der Waals surface area contributed by atoms with Gasteiger partial charge < -0.3 is 5.11 Å². The Kier molecular flexibility index (Phi) is 7.03. The third-order valence-electron chi connectivity index (χ3n) is 4.77. The van der Waals surface area contributed by atoms with E-state index in [1.165, 1.54) is 35.9 Å². The van der Waals surface area contributed by atoms with Crippen molar-refractivity contribution in [3.63, 3.8) is 0 Å². The van der Waals surface area contributed by atoms with Crippen molar-refractivity contribution in [1.29, 1.82) is 0 Å². The minimum Gasteiger partial charge on any atom is -0.382 e. The van der Waals surface area contributed by atoms with Gasteiger partial charge in [-0.3, -0.25) is 14.4 Å². The smallest absolute Gasteiger partial charge is 0.185 e. The van der Waals surface area contributed by atoms with Crippen LogP contribution in [0, 0.1) is 0 Å². The fourth-order valence-corrected chi connectivity index (χ4v) is 2.86. The monoisotopic (exact) mass is 380 g/mol. The van der Waals surface area contributed by atoms with Crippen LogP contribution in [0.4, 0.5) is 0 Å². The summed E-state index contributed by atoms with van der Waals surface area (Å²) in [6.07, 6.45) is 9.95. The van der Waals surface area contributed by atoms with Gasteiger partial charge in [0.05, 0.1) is 0 Å². The van der Waals surface area contributed by atoms with Gasteiger partial charge in [-0.05, 0) is 54.2 Å². The van der Waals surface area contributed by atoms with Crippen molar-refractivity contribution in [2.75, 3.05) is 0 Å². The molecule has 0 aliphatic heterocycles. The summed E-state index contributed by atoms with van der Waals surface area (Å²) in [5.74, 6) is -0.234. The van der Waals surface area contributed by atoms with Gasteiger partial charge in [-0.25, -0.2) is 0 Å². The summed E-state index contributed by atoms with van der Waals surface area (Å²) in [5.41, 5.74) is 0.619. The number of hydrogen-bond acceptors (Lipinski definition) is 4. The molecule has 0 saturated heterocycles. The Balaban J connectivity index is 1.76. The molecule has 0 amide bonds. The number of allylic oxidation sites excluding steroid dienone is 4. The maximum atomic E-state index is 12.2. The van der Waals surface area contributed by atoms with Crippen LogP contribution in [0.25, 0.3) is 0 Å². The van der Waals surface area contributed by atoms with Crippen LogP contribution in [0.1, 0.15) is 62.4 Å². The van der Waals surface area contributed by atoms with Crippen LogP contribution in [0.2, 0.25) is 0 Å². The van der Waals surface area contributed by atoms with Crippen molar-refractivity contribution < 1.29 is 19.5 Å². The Morgan fingerprint density at radius 3 is 2.21 bits per heavy atom. The fraction of sp³-hybridized carbons (Fsp3) is 0.375. The van der Waals surface area contributed by atoms with Crippen LogP contribution in [0.5, 0.6) is 0 Å². The first-order chi connectivity index (χ1) is 13.1. The predicted octanol–water partition coefficient (Wildman–Crippen LogP) is 4.28. The SMILES string of the molecule is CC(C)(C)c1ccc(C(=O)/C=C/CCC(=O)CCC2(O)C=CC(=O)C=C2)cc1. The number of carbonyl (C=O) groups excluding carboxylic acids is 3. The second kappa shape index (κ2) is 9.07. The summed E-state index contributed by atoms with van der Waals surface area (Å²) in [5, 5.41) is 10.2. The number of hydrogen-bond donors (Lipinski definition) is 1. The maximum Gasteiger partial charge on any atom is 0.185 e. The molecule has 1 aliphatic carbocycles. The van der Waals surface area contributed by atoms with E-state index in [0.717, 1.165) is 0 Å².